The lowest BCUT2D eigenvalue weighted by Gasteiger charge is -2.22. The molecular formula is C24H27FN6O4. The number of aromatic nitrogens is 1. The maximum absolute atomic E-state index is 13.3. The number of benzene rings is 1. The van der Waals surface area contributed by atoms with Gasteiger partial charge in [0.1, 0.15) is 23.4 Å². The van der Waals surface area contributed by atoms with Crippen molar-refractivity contribution in [2.24, 2.45) is 10.8 Å². The Hall–Kier alpha value is -4.02. The van der Waals surface area contributed by atoms with Crippen molar-refractivity contribution in [3.8, 4) is 0 Å². The number of anilines is 2. The van der Waals surface area contributed by atoms with Crippen molar-refractivity contribution in [1.82, 2.24) is 9.88 Å². The first kappa shape index (κ1) is 24.1. The van der Waals surface area contributed by atoms with Crippen LogP contribution in [0, 0.1) is 5.82 Å². The predicted octanol–water partition coefficient (Wildman–Crippen LogP) is 1.56. The van der Waals surface area contributed by atoms with Crippen LogP contribution in [0.3, 0.4) is 0 Å². The Morgan fingerprint density at radius 1 is 1.09 bits per heavy atom. The molecule has 3 heterocycles. The Balaban J connectivity index is 1.43. The molecule has 1 unspecified atom stereocenters. The number of nitrogens with zero attached hydrogens (tertiary/aromatic N) is 5. The molecule has 4 rings (SSSR count). The van der Waals surface area contributed by atoms with E-state index in [1.165, 1.54) is 35.5 Å². The normalized spacial score (nSPS) is 18.2. The smallest absolute Gasteiger partial charge is 0.339 e. The van der Waals surface area contributed by atoms with E-state index in [2.05, 4.69) is 15.0 Å². The van der Waals surface area contributed by atoms with E-state index in [0.29, 0.717) is 56.3 Å². The van der Waals surface area contributed by atoms with Gasteiger partial charge in [-0.15, -0.1) is 0 Å². The number of rotatable bonds is 6. The fourth-order valence-electron chi connectivity index (χ4n) is 4.13. The first-order valence-corrected chi connectivity index (χ1v) is 11.5. The molecule has 35 heavy (non-hydrogen) atoms. The molecule has 1 saturated heterocycles. The Bertz CT molecular complexity index is 1120. The van der Waals surface area contributed by atoms with Crippen molar-refractivity contribution >= 4 is 35.0 Å². The summed E-state index contributed by atoms with van der Waals surface area (Å²) < 4.78 is 18.3. The van der Waals surface area contributed by atoms with Crippen LogP contribution in [0.15, 0.2) is 47.7 Å². The average Bonchev–Trinajstić information content (AvgIpc) is 3.16. The van der Waals surface area contributed by atoms with Crippen molar-refractivity contribution in [2.75, 3.05) is 42.7 Å². The van der Waals surface area contributed by atoms with E-state index in [0.717, 1.165) is 0 Å². The monoisotopic (exact) mass is 482 g/mol. The number of nitrogens with two attached hydrogens (primary N) is 1. The summed E-state index contributed by atoms with van der Waals surface area (Å²) in [5.41, 5.74) is 6.66. The summed E-state index contributed by atoms with van der Waals surface area (Å²) in [7, 11) is 0. The fraction of sp³-hybridized carbons (Fsp3) is 0.375. The second-order valence-corrected chi connectivity index (χ2v) is 8.25. The van der Waals surface area contributed by atoms with Gasteiger partial charge in [-0.1, -0.05) is 0 Å². The van der Waals surface area contributed by atoms with E-state index < -0.39 is 23.7 Å². The zero-order valence-electron chi connectivity index (χ0n) is 19.4. The maximum Gasteiger partial charge on any atom is 0.339 e. The van der Waals surface area contributed by atoms with E-state index in [1.54, 1.807) is 24.0 Å². The van der Waals surface area contributed by atoms with Crippen LogP contribution in [0.4, 0.5) is 15.9 Å². The van der Waals surface area contributed by atoms with Gasteiger partial charge in [0.15, 0.2) is 0 Å². The minimum Gasteiger partial charge on any atom is -0.462 e. The molecule has 0 bridgehead atoms. The van der Waals surface area contributed by atoms with Gasteiger partial charge in [0.05, 0.1) is 17.9 Å². The summed E-state index contributed by atoms with van der Waals surface area (Å²) in [4.78, 5) is 45.3. The van der Waals surface area contributed by atoms with Crippen LogP contribution in [-0.2, 0) is 14.3 Å². The molecule has 2 aliphatic heterocycles. The third-order valence-corrected chi connectivity index (χ3v) is 5.94. The van der Waals surface area contributed by atoms with Crippen LogP contribution in [0.2, 0.25) is 0 Å². The molecule has 0 aliphatic carbocycles. The van der Waals surface area contributed by atoms with Crippen molar-refractivity contribution in [2.45, 2.75) is 25.8 Å². The molecule has 184 valence electrons. The zero-order valence-corrected chi connectivity index (χ0v) is 19.4. The molecule has 11 heteroatoms. The fourth-order valence-corrected chi connectivity index (χ4v) is 4.13. The highest BCUT2D eigenvalue weighted by Crippen LogP contribution is 2.26. The van der Waals surface area contributed by atoms with Crippen molar-refractivity contribution < 1.29 is 23.5 Å². The first-order chi connectivity index (χ1) is 16.9. The third-order valence-electron chi connectivity index (χ3n) is 5.94. The lowest BCUT2D eigenvalue weighted by atomic mass is 10.1. The Morgan fingerprint density at radius 3 is 2.51 bits per heavy atom. The van der Waals surface area contributed by atoms with Crippen molar-refractivity contribution in [3.63, 3.8) is 0 Å². The number of hydrogen-bond donors (Lipinski definition) is 1. The third kappa shape index (κ3) is 5.39. The summed E-state index contributed by atoms with van der Waals surface area (Å²) in [5.74, 6) is -0.987. The number of carbonyl (C=O) groups is 3. The second-order valence-electron chi connectivity index (χ2n) is 8.25. The van der Waals surface area contributed by atoms with Gasteiger partial charge in [-0.2, -0.15) is 5.10 Å². The minimum atomic E-state index is -0.815. The topological polar surface area (TPSA) is 121 Å². The highest BCUT2D eigenvalue weighted by atomic mass is 19.1. The number of ether oxygens (including phenoxy) is 1. The summed E-state index contributed by atoms with van der Waals surface area (Å²) in [6, 6.07) is 8.14. The van der Waals surface area contributed by atoms with E-state index in [-0.39, 0.29) is 18.0 Å². The molecule has 1 atom stereocenters. The molecule has 1 fully saturated rings. The molecule has 1 aromatic heterocycles. The van der Waals surface area contributed by atoms with Crippen LogP contribution in [0.25, 0.3) is 0 Å². The lowest BCUT2D eigenvalue weighted by Crippen LogP contribution is -2.41. The maximum atomic E-state index is 13.3. The Kier molecular flexibility index (Phi) is 7.23. The van der Waals surface area contributed by atoms with Gasteiger partial charge in [-0.3, -0.25) is 14.6 Å². The number of primary amides is 1. The number of amides is 2. The van der Waals surface area contributed by atoms with Gasteiger partial charge in [0.2, 0.25) is 5.91 Å². The summed E-state index contributed by atoms with van der Waals surface area (Å²) in [5, 5.41) is 5.76. The quantitative estimate of drug-likeness (QED) is 0.620. The molecular weight excluding hydrogens is 455 g/mol. The summed E-state index contributed by atoms with van der Waals surface area (Å²) in [6.07, 6.45) is 2.28. The number of pyridine rings is 1. The number of halogens is 1. The Labute approximate surface area is 202 Å². The molecule has 0 radical (unpaired) electrons. The van der Waals surface area contributed by atoms with Gasteiger partial charge in [0, 0.05) is 38.8 Å². The summed E-state index contributed by atoms with van der Waals surface area (Å²) in [6.45, 7) is 4.24. The molecule has 10 nitrogen and oxygen atoms in total. The molecule has 0 spiro atoms. The van der Waals surface area contributed by atoms with Gasteiger partial charge >= 0.3 is 5.97 Å². The van der Waals surface area contributed by atoms with Crippen LogP contribution in [0.1, 0.15) is 30.1 Å². The highest BCUT2D eigenvalue weighted by molar-refractivity contribution is 6.40. The minimum absolute atomic E-state index is 0.0859. The van der Waals surface area contributed by atoms with Gasteiger partial charge < -0.3 is 20.3 Å². The summed E-state index contributed by atoms with van der Waals surface area (Å²) >= 11 is 0. The van der Waals surface area contributed by atoms with Crippen molar-refractivity contribution in [1.29, 1.82) is 0 Å². The zero-order chi connectivity index (χ0) is 24.9. The molecule has 2 aromatic rings. The van der Waals surface area contributed by atoms with Gasteiger partial charge in [-0.25, -0.2) is 14.2 Å². The number of hydrazone groups is 1. The standard InChI is InChI=1S/C24H27FN6O4/c1-2-35-24(34)16-4-9-21(27-15-16)29-10-3-11-30(13-12-29)23(33)19-14-20(22(26)32)31(28-19)18-7-5-17(25)6-8-18/h4-9,15,20H,2-3,10-14H2,1H3,(H2,26,32). The molecule has 2 N–H and O–H groups in total. The van der Waals surface area contributed by atoms with E-state index >= 15 is 0 Å². The molecule has 2 amide bonds. The van der Waals surface area contributed by atoms with E-state index in [9.17, 15) is 18.8 Å². The van der Waals surface area contributed by atoms with E-state index in [4.69, 9.17) is 10.5 Å². The van der Waals surface area contributed by atoms with Gasteiger partial charge in [-0.05, 0) is 49.7 Å². The SMILES string of the molecule is CCOC(=O)c1ccc(N2CCCN(C(=O)C3=NN(c4ccc(F)cc4)C(C(N)=O)C3)CC2)nc1. The number of esters is 1. The average molecular weight is 483 g/mol. The van der Waals surface area contributed by atoms with Crippen LogP contribution < -0.4 is 15.6 Å². The first-order valence-electron chi connectivity index (χ1n) is 11.5. The molecule has 0 saturated carbocycles. The predicted molar refractivity (Wildman–Crippen MR) is 128 cm³/mol. The number of carbonyl (C=O) groups excluding carboxylic acids is 3. The van der Waals surface area contributed by atoms with Gasteiger partial charge in [0.25, 0.3) is 5.91 Å². The van der Waals surface area contributed by atoms with Crippen molar-refractivity contribution in [3.05, 3.63) is 54.0 Å². The molecule has 2 aliphatic rings. The van der Waals surface area contributed by atoms with Crippen LogP contribution in [-0.4, -0.2) is 72.2 Å². The Morgan fingerprint density at radius 2 is 1.86 bits per heavy atom. The number of hydrogen-bond acceptors (Lipinski definition) is 8. The second kappa shape index (κ2) is 10.5. The lowest BCUT2D eigenvalue weighted by molar-refractivity contribution is -0.124. The molecule has 1 aromatic carbocycles. The highest BCUT2D eigenvalue weighted by Gasteiger charge is 2.37. The van der Waals surface area contributed by atoms with Crippen LogP contribution in [0.5, 0.6) is 0 Å². The van der Waals surface area contributed by atoms with Crippen LogP contribution >= 0.6 is 0 Å². The van der Waals surface area contributed by atoms with E-state index in [1.807, 2.05) is 0 Å². The largest absolute Gasteiger partial charge is 0.462 e.